The maximum absolute atomic E-state index is 11.7. The highest BCUT2D eigenvalue weighted by molar-refractivity contribution is 7.48. The highest BCUT2D eigenvalue weighted by atomic mass is 31.2. The third-order valence-corrected chi connectivity index (χ3v) is 4.84. The summed E-state index contributed by atoms with van der Waals surface area (Å²) in [6, 6.07) is 7.37. The summed E-state index contributed by atoms with van der Waals surface area (Å²) in [5, 5.41) is 0. The van der Waals surface area contributed by atoms with Crippen molar-refractivity contribution < 1.29 is 32.4 Å². The Bertz CT molecular complexity index is 566. The molecule has 0 aromatic heterocycles. The number of aryl methyl sites for hydroxylation is 1. The first kappa shape index (κ1) is 15.5. The summed E-state index contributed by atoms with van der Waals surface area (Å²) in [5.41, 5.74) is 0.520. The lowest BCUT2D eigenvalue weighted by Gasteiger charge is -2.43. The summed E-state index contributed by atoms with van der Waals surface area (Å²) >= 11 is 0. The maximum atomic E-state index is 11.7. The monoisotopic (exact) mass is 328 g/mol. The van der Waals surface area contributed by atoms with E-state index in [0.717, 1.165) is 5.56 Å². The molecule has 3 heterocycles. The van der Waals surface area contributed by atoms with Crippen LogP contribution in [0, 0.1) is 12.3 Å². The van der Waals surface area contributed by atoms with Crippen LogP contribution < -0.4 is 4.74 Å². The topological polar surface area (TPSA) is 80.3 Å². The van der Waals surface area contributed by atoms with Gasteiger partial charge in [0, 0.05) is 0 Å². The van der Waals surface area contributed by atoms with E-state index < -0.39 is 19.2 Å². The number of phosphoric acid groups is 1. The van der Waals surface area contributed by atoms with Gasteiger partial charge in [0.2, 0.25) is 0 Å². The van der Waals surface area contributed by atoms with Gasteiger partial charge in [-0.05, 0) is 19.1 Å². The number of ether oxygens (including phenoxy) is 2. The molecule has 0 saturated carbocycles. The Labute approximate surface area is 128 Å². The third-order valence-electron chi connectivity index (χ3n) is 3.50. The summed E-state index contributed by atoms with van der Waals surface area (Å²) in [7, 11) is -3.34. The third kappa shape index (κ3) is 3.50. The van der Waals surface area contributed by atoms with Crippen molar-refractivity contribution >= 4 is 13.8 Å². The molecule has 7 nitrogen and oxygen atoms in total. The van der Waals surface area contributed by atoms with Crippen LogP contribution in [0.4, 0.5) is 0 Å². The van der Waals surface area contributed by atoms with Gasteiger partial charge in [0.25, 0.3) is 0 Å². The Morgan fingerprint density at radius 2 is 1.77 bits per heavy atom. The van der Waals surface area contributed by atoms with E-state index in [9.17, 15) is 9.36 Å². The average Bonchev–Trinajstić information content (AvgIpc) is 2.54. The van der Waals surface area contributed by atoms with Crippen molar-refractivity contribution in [3.63, 3.8) is 0 Å². The molecule has 3 aliphatic heterocycles. The molecule has 0 spiro atoms. The van der Waals surface area contributed by atoms with Gasteiger partial charge < -0.3 is 9.47 Å². The fraction of sp³-hybridized carbons (Fsp3) is 0.500. The van der Waals surface area contributed by atoms with Crippen molar-refractivity contribution in [2.24, 2.45) is 5.41 Å². The highest BCUT2D eigenvalue weighted by Crippen LogP contribution is 2.59. The number of hydrogen-bond acceptors (Lipinski definition) is 7. The lowest BCUT2D eigenvalue weighted by molar-refractivity contribution is -0.161. The molecular weight excluding hydrogens is 311 g/mol. The first-order valence-electron chi connectivity index (χ1n) is 6.88. The number of hydrogen-bond donors (Lipinski definition) is 0. The Morgan fingerprint density at radius 3 is 2.36 bits per heavy atom. The zero-order valence-corrected chi connectivity index (χ0v) is 13.0. The van der Waals surface area contributed by atoms with Crippen LogP contribution in [0.25, 0.3) is 0 Å². The Kier molecular flexibility index (Phi) is 4.23. The van der Waals surface area contributed by atoms with Crippen LogP contribution in [-0.2, 0) is 27.7 Å². The molecule has 1 aromatic rings. The lowest BCUT2D eigenvalue weighted by atomic mass is 9.92. The standard InChI is InChI=1S/C14H17O7P/c1-11-2-4-12(5-3-11)17-6-13(15)18-7-14-8-19-22(16,20-9-14)21-10-14/h2-5H,6-10H2,1H3. The van der Waals surface area contributed by atoms with Crippen molar-refractivity contribution in [1.82, 2.24) is 0 Å². The minimum absolute atomic E-state index is 0.0725. The first-order chi connectivity index (χ1) is 10.5. The minimum atomic E-state index is -3.34. The molecule has 2 bridgehead atoms. The number of carbonyl (C=O) groups excluding carboxylic acids is 1. The van der Waals surface area contributed by atoms with Crippen LogP contribution in [0.5, 0.6) is 5.75 Å². The molecule has 0 N–H and O–H groups in total. The molecular formula is C14H17O7P. The zero-order valence-electron chi connectivity index (χ0n) is 12.1. The smallest absolute Gasteiger partial charge is 0.474 e. The molecule has 3 saturated heterocycles. The number of rotatable bonds is 5. The number of phosphoric ester groups is 1. The number of esters is 1. The molecule has 0 atom stereocenters. The van der Waals surface area contributed by atoms with Crippen molar-refractivity contribution in [1.29, 1.82) is 0 Å². The summed E-state index contributed by atoms with van der Waals surface area (Å²) in [5.74, 6) is 0.112. The van der Waals surface area contributed by atoms with E-state index in [2.05, 4.69) is 0 Å². The Balaban J connectivity index is 1.44. The maximum Gasteiger partial charge on any atom is 0.474 e. The molecule has 3 fully saturated rings. The summed E-state index contributed by atoms with van der Waals surface area (Å²) in [6.07, 6.45) is 0. The van der Waals surface area contributed by atoms with Crippen molar-refractivity contribution in [2.45, 2.75) is 6.92 Å². The fourth-order valence-corrected chi connectivity index (χ4v) is 3.58. The van der Waals surface area contributed by atoms with Crippen LogP contribution in [0.15, 0.2) is 24.3 Å². The lowest BCUT2D eigenvalue weighted by Crippen LogP contribution is -2.48. The van der Waals surface area contributed by atoms with E-state index in [1.54, 1.807) is 12.1 Å². The average molecular weight is 328 g/mol. The molecule has 0 radical (unpaired) electrons. The molecule has 22 heavy (non-hydrogen) atoms. The predicted octanol–water partition coefficient (Wildman–Crippen LogP) is 2.09. The molecule has 0 aliphatic carbocycles. The van der Waals surface area contributed by atoms with E-state index in [4.69, 9.17) is 23.0 Å². The van der Waals surface area contributed by atoms with Crippen LogP contribution in [0.3, 0.4) is 0 Å². The van der Waals surface area contributed by atoms with Gasteiger partial charge in [-0.15, -0.1) is 0 Å². The second-order valence-corrected chi connectivity index (χ2v) is 7.20. The summed E-state index contributed by atoms with van der Waals surface area (Å²) < 4.78 is 37.2. The predicted molar refractivity (Wildman–Crippen MR) is 75.5 cm³/mol. The second kappa shape index (κ2) is 6.01. The minimum Gasteiger partial charge on any atom is -0.482 e. The van der Waals surface area contributed by atoms with E-state index in [1.807, 2.05) is 19.1 Å². The van der Waals surface area contributed by atoms with Gasteiger partial charge in [-0.1, -0.05) is 17.7 Å². The van der Waals surface area contributed by atoms with Crippen molar-refractivity contribution in [2.75, 3.05) is 33.0 Å². The van der Waals surface area contributed by atoms with Gasteiger partial charge in [-0.3, -0.25) is 13.6 Å². The van der Waals surface area contributed by atoms with Crippen LogP contribution in [0.1, 0.15) is 5.56 Å². The molecule has 0 amide bonds. The van der Waals surface area contributed by atoms with Gasteiger partial charge in [-0.2, -0.15) is 0 Å². The Hall–Kier alpha value is -1.40. The normalized spacial score (nSPS) is 30.0. The number of fused-ring (bicyclic) bond motifs is 3. The SMILES string of the molecule is Cc1ccc(OCC(=O)OCC23COP(=O)(OC2)OC3)cc1. The van der Waals surface area contributed by atoms with Gasteiger partial charge in [0.05, 0.1) is 25.2 Å². The highest BCUT2D eigenvalue weighted by Gasteiger charge is 2.51. The van der Waals surface area contributed by atoms with Crippen LogP contribution in [-0.4, -0.2) is 39.0 Å². The number of benzene rings is 1. The van der Waals surface area contributed by atoms with Crippen LogP contribution in [0.2, 0.25) is 0 Å². The van der Waals surface area contributed by atoms with E-state index in [-0.39, 0.29) is 33.0 Å². The van der Waals surface area contributed by atoms with E-state index in [1.165, 1.54) is 0 Å². The molecule has 4 rings (SSSR count). The molecule has 3 aliphatic rings. The van der Waals surface area contributed by atoms with Gasteiger partial charge in [0.15, 0.2) is 6.61 Å². The molecule has 120 valence electrons. The van der Waals surface area contributed by atoms with Crippen molar-refractivity contribution in [3.05, 3.63) is 29.8 Å². The van der Waals surface area contributed by atoms with Gasteiger partial charge >= 0.3 is 13.8 Å². The molecule has 8 heteroatoms. The largest absolute Gasteiger partial charge is 0.482 e. The van der Waals surface area contributed by atoms with E-state index in [0.29, 0.717) is 5.75 Å². The van der Waals surface area contributed by atoms with Gasteiger partial charge in [0.1, 0.15) is 12.4 Å². The van der Waals surface area contributed by atoms with Gasteiger partial charge in [-0.25, -0.2) is 9.36 Å². The van der Waals surface area contributed by atoms with Crippen LogP contribution >= 0.6 is 7.82 Å². The summed E-state index contributed by atoms with van der Waals surface area (Å²) in [6.45, 7) is 2.43. The zero-order chi connectivity index (χ0) is 15.6. The summed E-state index contributed by atoms with van der Waals surface area (Å²) in [4.78, 5) is 11.7. The van der Waals surface area contributed by atoms with E-state index >= 15 is 0 Å². The molecule has 0 unspecified atom stereocenters. The second-order valence-electron chi connectivity index (χ2n) is 5.53. The Morgan fingerprint density at radius 1 is 1.18 bits per heavy atom. The van der Waals surface area contributed by atoms with Crippen molar-refractivity contribution in [3.8, 4) is 5.75 Å². The number of carbonyl (C=O) groups is 1. The molecule has 1 aromatic carbocycles. The first-order valence-corrected chi connectivity index (χ1v) is 8.34. The fourth-order valence-electron chi connectivity index (χ4n) is 2.06. The quantitative estimate of drug-likeness (QED) is 0.605.